The van der Waals surface area contributed by atoms with Crippen LogP contribution in [0.2, 0.25) is 0 Å². The molecule has 0 aromatic rings. The van der Waals surface area contributed by atoms with E-state index in [1.165, 1.54) is 25.7 Å². The van der Waals surface area contributed by atoms with Gasteiger partial charge < -0.3 is 5.11 Å². The topological polar surface area (TPSA) is 20.2 Å². The Hall–Kier alpha value is -0.300. The first-order valence-corrected chi connectivity index (χ1v) is 3.63. The van der Waals surface area contributed by atoms with Crippen molar-refractivity contribution < 1.29 is 5.11 Å². The van der Waals surface area contributed by atoms with Crippen LogP contribution in [0, 0.1) is 5.92 Å². The molecule has 1 aliphatic carbocycles. The summed E-state index contributed by atoms with van der Waals surface area (Å²) in [5, 5.41) is 8.70. The summed E-state index contributed by atoms with van der Waals surface area (Å²) in [6.45, 7) is 3.99. The van der Waals surface area contributed by atoms with Crippen LogP contribution in [-0.4, -0.2) is 11.7 Å². The highest BCUT2D eigenvalue weighted by Gasteiger charge is 2.16. The van der Waals surface area contributed by atoms with Gasteiger partial charge in [-0.25, -0.2) is 0 Å². The molecular formula is C8H14O. The van der Waals surface area contributed by atoms with Crippen LogP contribution in [0.5, 0.6) is 0 Å². The highest BCUT2D eigenvalue weighted by Crippen LogP contribution is 2.29. The normalized spacial score (nSPS) is 20.6. The number of rotatable bonds is 2. The minimum absolute atomic E-state index is 0.185. The van der Waals surface area contributed by atoms with Crippen molar-refractivity contribution in [2.24, 2.45) is 5.92 Å². The Morgan fingerprint density at radius 1 is 1.44 bits per heavy atom. The second kappa shape index (κ2) is 3.02. The van der Waals surface area contributed by atoms with Gasteiger partial charge >= 0.3 is 0 Å². The lowest BCUT2D eigenvalue weighted by Crippen LogP contribution is -2.00. The van der Waals surface area contributed by atoms with Crippen LogP contribution in [0.4, 0.5) is 0 Å². The Morgan fingerprint density at radius 3 is 2.44 bits per heavy atom. The number of hydrogen-bond donors (Lipinski definition) is 1. The fraction of sp³-hybridized carbons (Fsp3) is 0.750. The Kier molecular flexibility index (Phi) is 2.29. The van der Waals surface area contributed by atoms with Gasteiger partial charge in [0.2, 0.25) is 0 Å². The Bertz CT molecular complexity index is 101. The van der Waals surface area contributed by atoms with E-state index in [2.05, 4.69) is 6.58 Å². The third-order valence-corrected chi connectivity index (χ3v) is 2.14. The molecule has 0 bridgehead atoms. The molecule has 1 aliphatic rings. The fourth-order valence-corrected chi connectivity index (χ4v) is 1.46. The maximum atomic E-state index is 8.70. The molecule has 0 aliphatic heterocycles. The molecular weight excluding hydrogens is 112 g/mol. The van der Waals surface area contributed by atoms with E-state index >= 15 is 0 Å². The Morgan fingerprint density at radius 2 is 2.00 bits per heavy atom. The van der Waals surface area contributed by atoms with Gasteiger partial charge in [0.1, 0.15) is 0 Å². The molecule has 0 radical (unpaired) electrons. The van der Waals surface area contributed by atoms with Gasteiger partial charge in [0.25, 0.3) is 0 Å². The van der Waals surface area contributed by atoms with E-state index in [0.717, 1.165) is 5.57 Å². The summed E-state index contributed by atoms with van der Waals surface area (Å²) in [6.07, 6.45) is 5.14. The van der Waals surface area contributed by atoms with E-state index in [-0.39, 0.29) is 6.61 Å². The van der Waals surface area contributed by atoms with Crippen molar-refractivity contribution in [3.05, 3.63) is 12.2 Å². The predicted octanol–water partition coefficient (Wildman–Crippen LogP) is 1.73. The highest BCUT2D eigenvalue weighted by molar-refractivity contribution is 5.01. The van der Waals surface area contributed by atoms with Crippen LogP contribution in [0.3, 0.4) is 0 Å². The molecule has 0 aromatic carbocycles. The van der Waals surface area contributed by atoms with Crippen molar-refractivity contribution in [3.63, 3.8) is 0 Å². The molecule has 9 heavy (non-hydrogen) atoms. The third-order valence-electron chi connectivity index (χ3n) is 2.14. The monoisotopic (exact) mass is 126 g/mol. The van der Waals surface area contributed by atoms with Crippen molar-refractivity contribution >= 4 is 0 Å². The first-order chi connectivity index (χ1) is 4.34. The first kappa shape index (κ1) is 6.81. The quantitative estimate of drug-likeness (QED) is 0.558. The highest BCUT2D eigenvalue weighted by atomic mass is 16.3. The first-order valence-electron chi connectivity index (χ1n) is 3.63. The lowest BCUT2D eigenvalue weighted by Gasteiger charge is -2.08. The molecule has 0 aromatic heterocycles. The molecule has 0 unspecified atom stereocenters. The SMILES string of the molecule is C=C(CO)C1CCCC1. The van der Waals surface area contributed by atoms with Crippen LogP contribution in [0.15, 0.2) is 12.2 Å². The van der Waals surface area contributed by atoms with Gasteiger partial charge in [-0.1, -0.05) is 19.4 Å². The second-order valence-corrected chi connectivity index (χ2v) is 2.80. The molecule has 1 nitrogen and oxygen atoms in total. The van der Waals surface area contributed by atoms with Gasteiger partial charge in [-0.15, -0.1) is 0 Å². The molecule has 1 heteroatoms. The molecule has 1 fully saturated rings. The van der Waals surface area contributed by atoms with Crippen LogP contribution < -0.4 is 0 Å². The summed E-state index contributed by atoms with van der Waals surface area (Å²) < 4.78 is 0. The molecule has 0 atom stereocenters. The molecule has 1 saturated carbocycles. The van der Waals surface area contributed by atoms with Crippen molar-refractivity contribution in [3.8, 4) is 0 Å². The van der Waals surface area contributed by atoms with E-state index in [4.69, 9.17) is 5.11 Å². The summed E-state index contributed by atoms with van der Waals surface area (Å²) in [7, 11) is 0. The van der Waals surface area contributed by atoms with Gasteiger partial charge in [-0.05, 0) is 24.3 Å². The van der Waals surface area contributed by atoms with E-state index in [1.54, 1.807) is 0 Å². The molecule has 1 rings (SSSR count). The minimum Gasteiger partial charge on any atom is -0.392 e. The number of aliphatic hydroxyl groups excluding tert-OH is 1. The average molecular weight is 126 g/mol. The number of aliphatic hydroxyl groups is 1. The minimum atomic E-state index is 0.185. The lowest BCUT2D eigenvalue weighted by molar-refractivity contribution is 0.314. The zero-order valence-electron chi connectivity index (χ0n) is 5.77. The summed E-state index contributed by atoms with van der Waals surface area (Å²) in [5.74, 6) is 0.634. The molecule has 0 amide bonds. The molecule has 1 N–H and O–H groups in total. The van der Waals surface area contributed by atoms with E-state index in [9.17, 15) is 0 Å². The van der Waals surface area contributed by atoms with E-state index in [0.29, 0.717) is 5.92 Å². The summed E-state index contributed by atoms with van der Waals surface area (Å²) in [4.78, 5) is 0. The Balaban J connectivity index is 2.32. The zero-order chi connectivity index (χ0) is 6.69. The Labute approximate surface area is 56.4 Å². The van der Waals surface area contributed by atoms with Gasteiger partial charge in [0, 0.05) is 0 Å². The zero-order valence-corrected chi connectivity index (χ0v) is 5.77. The van der Waals surface area contributed by atoms with E-state index in [1.807, 2.05) is 0 Å². The predicted molar refractivity (Wildman–Crippen MR) is 38.2 cm³/mol. The molecule has 0 saturated heterocycles. The third kappa shape index (κ3) is 1.55. The number of hydrogen-bond acceptors (Lipinski definition) is 1. The van der Waals surface area contributed by atoms with Gasteiger partial charge in [-0.2, -0.15) is 0 Å². The van der Waals surface area contributed by atoms with Gasteiger partial charge in [0.15, 0.2) is 0 Å². The molecule has 0 heterocycles. The van der Waals surface area contributed by atoms with Gasteiger partial charge in [0.05, 0.1) is 6.61 Å². The standard InChI is InChI=1S/C8H14O/c1-7(6-9)8-4-2-3-5-8/h8-9H,1-6H2. The maximum Gasteiger partial charge on any atom is 0.0641 e. The van der Waals surface area contributed by atoms with Crippen molar-refractivity contribution in [1.29, 1.82) is 0 Å². The molecule has 52 valence electrons. The van der Waals surface area contributed by atoms with Crippen LogP contribution in [0.1, 0.15) is 25.7 Å². The van der Waals surface area contributed by atoms with Crippen LogP contribution in [-0.2, 0) is 0 Å². The van der Waals surface area contributed by atoms with E-state index < -0.39 is 0 Å². The fourth-order valence-electron chi connectivity index (χ4n) is 1.46. The van der Waals surface area contributed by atoms with Crippen molar-refractivity contribution in [1.82, 2.24) is 0 Å². The summed E-state index contributed by atoms with van der Waals surface area (Å²) in [6, 6.07) is 0. The second-order valence-electron chi connectivity index (χ2n) is 2.80. The van der Waals surface area contributed by atoms with Crippen LogP contribution >= 0.6 is 0 Å². The smallest absolute Gasteiger partial charge is 0.0641 e. The largest absolute Gasteiger partial charge is 0.392 e. The molecule has 0 spiro atoms. The summed E-state index contributed by atoms with van der Waals surface area (Å²) in [5.41, 5.74) is 1.03. The van der Waals surface area contributed by atoms with Crippen molar-refractivity contribution in [2.45, 2.75) is 25.7 Å². The summed E-state index contributed by atoms with van der Waals surface area (Å²) >= 11 is 0. The van der Waals surface area contributed by atoms with Crippen molar-refractivity contribution in [2.75, 3.05) is 6.61 Å². The lowest BCUT2D eigenvalue weighted by atomic mass is 10.0. The average Bonchev–Trinajstić information content (AvgIpc) is 2.37. The maximum absolute atomic E-state index is 8.70. The van der Waals surface area contributed by atoms with Gasteiger partial charge in [-0.3, -0.25) is 0 Å². The van der Waals surface area contributed by atoms with Crippen LogP contribution in [0.25, 0.3) is 0 Å².